The minimum atomic E-state index is -1.27. The molecule has 0 spiro atoms. The van der Waals surface area contributed by atoms with Crippen molar-refractivity contribution in [1.82, 2.24) is 35.1 Å². The number of rotatable bonds is 5. The summed E-state index contributed by atoms with van der Waals surface area (Å²) in [6, 6.07) is 5.53. The molecule has 0 bridgehead atoms. The number of amides is 2. The average Bonchev–Trinajstić information content (AvgIpc) is 2.85. The van der Waals surface area contributed by atoms with Crippen LogP contribution in [0.25, 0.3) is 0 Å². The molecule has 12 heteroatoms. The van der Waals surface area contributed by atoms with E-state index in [0.29, 0.717) is 12.1 Å². The summed E-state index contributed by atoms with van der Waals surface area (Å²) in [5.41, 5.74) is -1.95. The number of nitrogens with one attached hydrogen (secondary N) is 2. The minimum absolute atomic E-state index is 0.0601. The van der Waals surface area contributed by atoms with Gasteiger partial charge in [-0.2, -0.15) is 0 Å². The monoisotopic (exact) mass is 467 g/mol. The smallest absolute Gasteiger partial charge is 0.293 e. The Morgan fingerprint density at radius 1 is 1.24 bits per heavy atom. The Kier molecular flexibility index (Phi) is 6.32. The SMILES string of the molecule is CC1(N(Cc2ccc(F)cc2)C(=O)c2nc[nH]c(=O)c2O)CNCCN1C(=O)c1cnccn1. The van der Waals surface area contributed by atoms with Crippen molar-refractivity contribution >= 4 is 11.8 Å². The summed E-state index contributed by atoms with van der Waals surface area (Å²) < 4.78 is 13.5. The van der Waals surface area contributed by atoms with Gasteiger partial charge in [-0.05, 0) is 24.6 Å². The molecule has 0 aliphatic carbocycles. The van der Waals surface area contributed by atoms with Crippen LogP contribution in [-0.4, -0.2) is 72.0 Å². The number of aromatic nitrogens is 4. The molecule has 0 radical (unpaired) electrons. The topological polar surface area (TPSA) is 144 Å². The van der Waals surface area contributed by atoms with Gasteiger partial charge >= 0.3 is 0 Å². The highest BCUT2D eigenvalue weighted by atomic mass is 19.1. The van der Waals surface area contributed by atoms with Crippen molar-refractivity contribution in [2.75, 3.05) is 19.6 Å². The zero-order valence-corrected chi connectivity index (χ0v) is 18.2. The number of aromatic amines is 1. The standard InChI is InChI=1S/C22H22FN7O4/c1-22(12-25-8-9-29(22)20(33)16-10-24-6-7-26-16)30(11-14-2-4-15(23)5-3-14)21(34)17-18(31)19(32)28-13-27-17/h2-7,10,13,25,31H,8-9,11-12H2,1H3,(H,27,28,32). The molecule has 0 saturated carbocycles. The van der Waals surface area contributed by atoms with Crippen LogP contribution in [0.1, 0.15) is 33.5 Å². The molecule has 3 heterocycles. The van der Waals surface area contributed by atoms with Crippen LogP contribution in [0.4, 0.5) is 4.39 Å². The van der Waals surface area contributed by atoms with E-state index in [1.54, 1.807) is 6.92 Å². The van der Waals surface area contributed by atoms with Gasteiger partial charge in [0.15, 0.2) is 5.69 Å². The molecule has 2 amide bonds. The highest BCUT2D eigenvalue weighted by Gasteiger charge is 2.46. The molecule has 4 rings (SSSR count). The van der Waals surface area contributed by atoms with E-state index in [0.717, 1.165) is 6.33 Å². The van der Waals surface area contributed by atoms with E-state index in [2.05, 4.69) is 25.3 Å². The van der Waals surface area contributed by atoms with E-state index in [4.69, 9.17) is 0 Å². The summed E-state index contributed by atoms with van der Waals surface area (Å²) in [5.74, 6) is -2.51. The summed E-state index contributed by atoms with van der Waals surface area (Å²) in [6.07, 6.45) is 5.18. The van der Waals surface area contributed by atoms with E-state index in [1.807, 2.05) is 0 Å². The van der Waals surface area contributed by atoms with E-state index < -0.39 is 40.3 Å². The van der Waals surface area contributed by atoms with Gasteiger partial charge in [0.1, 0.15) is 17.2 Å². The Hall–Kier alpha value is -4.19. The molecule has 11 nitrogen and oxygen atoms in total. The quantitative estimate of drug-likeness (QED) is 0.492. The second kappa shape index (κ2) is 9.35. The maximum absolute atomic E-state index is 13.7. The van der Waals surface area contributed by atoms with Crippen LogP contribution in [0.15, 0.2) is 54.0 Å². The molecule has 3 aromatic rings. The predicted molar refractivity (Wildman–Crippen MR) is 117 cm³/mol. The van der Waals surface area contributed by atoms with Gasteiger partial charge in [-0.25, -0.2) is 14.4 Å². The lowest BCUT2D eigenvalue weighted by molar-refractivity contribution is -0.0356. The van der Waals surface area contributed by atoms with Gasteiger partial charge < -0.3 is 25.2 Å². The maximum Gasteiger partial charge on any atom is 0.293 e. The van der Waals surface area contributed by atoms with Gasteiger partial charge in [0.25, 0.3) is 17.4 Å². The Labute approximate surface area is 193 Å². The number of piperazine rings is 1. The van der Waals surface area contributed by atoms with Crippen LogP contribution in [0.5, 0.6) is 5.75 Å². The van der Waals surface area contributed by atoms with Gasteiger partial charge in [0, 0.05) is 38.6 Å². The molecule has 1 aromatic carbocycles. The molecule has 1 saturated heterocycles. The number of halogens is 1. The lowest BCUT2D eigenvalue weighted by atomic mass is 10.0. The lowest BCUT2D eigenvalue weighted by Crippen LogP contribution is -2.70. The van der Waals surface area contributed by atoms with E-state index in [9.17, 15) is 23.9 Å². The number of hydrogen-bond acceptors (Lipinski definition) is 8. The van der Waals surface area contributed by atoms with Crippen LogP contribution in [-0.2, 0) is 6.54 Å². The first kappa shape index (κ1) is 23.0. The third-order valence-corrected chi connectivity index (χ3v) is 5.69. The highest BCUT2D eigenvalue weighted by molar-refractivity contribution is 5.97. The Morgan fingerprint density at radius 3 is 2.71 bits per heavy atom. The second-order valence-corrected chi connectivity index (χ2v) is 7.89. The molecule has 1 fully saturated rings. The van der Waals surface area contributed by atoms with Gasteiger partial charge in [-0.15, -0.1) is 0 Å². The summed E-state index contributed by atoms with van der Waals surface area (Å²) in [6.45, 7) is 2.51. The van der Waals surface area contributed by atoms with Gasteiger partial charge in [0.2, 0.25) is 5.75 Å². The summed E-state index contributed by atoms with van der Waals surface area (Å²) in [7, 11) is 0. The number of benzene rings is 1. The number of aromatic hydroxyl groups is 1. The molecule has 3 N–H and O–H groups in total. The number of hydrogen-bond donors (Lipinski definition) is 3. The lowest BCUT2D eigenvalue weighted by Gasteiger charge is -2.51. The van der Waals surface area contributed by atoms with Crippen molar-refractivity contribution in [2.45, 2.75) is 19.1 Å². The summed E-state index contributed by atoms with van der Waals surface area (Å²) >= 11 is 0. The fourth-order valence-electron chi connectivity index (χ4n) is 3.87. The third kappa shape index (κ3) is 4.35. The zero-order valence-electron chi connectivity index (χ0n) is 18.2. The van der Waals surface area contributed by atoms with Gasteiger partial charge in [-0.3, -0.25) is 19.4 Å². The third-order valence-electron chi connectivity index (χ3n) is 5.69. The Balaban J connectivity index is 1.80. The van der Waals surface area contributed by atoms with E-state index >= 15 is 0 Å². The zero-order chi connectivity index (χ0) is 24.3. The van der Waals surface area contributed by atoms with Crippen LogP contribution >= 0.6 is 0 Å². The van der Waals surface area contributed by atoms with Gasteiger partial charge in [0.05, 0.1) is 12.5 Å². The number of nitrogens with zero attached hydrogens (tertiary/aromatic N) is 5. The van der Waals surface area contributed by atoms with E-state index in [-0.39, 0.29) is 25.3 Å². The largest absolute Gasteiger partial charge is 0.501 e. The van der Waals surface area contributed by atoms with Crippen LogP contribution in [0.2, 0.25) is 0 Å². The molecule has 1 unspecified atom stereocenters. The van der Waals surface area contributed by atoms with Crippen LogP contribution in [0.3, 0.4) is 0 Å². The van der Waals surface area contributed by atoms with Crippen LogP contribution in [0, 0.1) is 5.82 Å². The summed E-state index contributed by atoms with van der Waals surface area (Å²) in [4.78, 5) is 55.9. The molecular formula is C22H22FN7O4. The molecule has 34 heavy (non-hydrogen) atoms. The first-order chi connectivity index (χ1) is 16.3. The van der Waals surface area contributed by atoms with Crippen molar-refractivity contribution in [3.05, 3.63) is 82.3 Å². The number of carbonyl (C=O) groups is 2. The fraction of sp³-hybridized carbons (Fsp3) is 0.273. The number of carbonyl (C=O) groups excluding carboxylic acids is 2. The predicted octanol–water partition coefficient (Wildman–Crippen LogP) is 0.509. The van der Waals surface area contributed by atoms with Crippen molar-refractivity contribution in [3.8, 4) is 5.75 Å². The molecule has 176 valence electrons. The molecule has 2 aromatic heterocycles. The summed E-state index contributed by atoms with van der Waals surface area (Å²) in [5, 5.41) is 13.4. The van der Waals surface area contributed by atoms with E-state index in [1.165, 1.54) is 52.7 Å². The first-order valence-corrected chi connectivity index (χ1v) is 10.4. The average molecular weight is 467 g/mol. The maximum atomic E-state index is 13.7. The van der Waals surface area contributed by atoms with Crippen molar-refractivity contribution in [3.63, 3.8) is 0 Å². The fourth-order valence-corrected chi connectivity index (χ4v) is 3.87. The Morgan fingerprint density at radius 2 is 2.00 bits per heavy atom. The normalized spacial score (nSPS) is 17.9. The molecule has 1 aliphatic rings. The Bertz CT molecular complexity index is 1250. The molecule has 1 aliphatic heterocycles. The van der Waals surface area contributed by atoms with Crippen molar-refractivity contribution in [1.29, 1.82) is 0 Å². The number of H-pyrrole nitrogens is 1. The molecule has 1 atom stereocenters. The van der Waals surface area contributed by atoms with Crippen molar-refractivity contribution < 1.29 is 19.1 Å². The van der Waals surface area contributed by atoms with Crippen LogP contribution < -0.4 is 10.9 Å². The van der Waals surface area contributed by atoms with Crippen molar-refractivity contribution in [2.24, 2.45) is 0 Å². The van der Waals surface area contributed by atoms with Gasteiger partial charge in [-0.1, -0.05) is 12.1 Å². The molecular weight excluding hydrogens is 445 g/mol. The minimum Gasteiger partial charge on any atom is -0.501 e. The second-order valence-electron chi connectivity index (χ2n) is 7.89. The first-order valence-electron chi connectivity index (χ1n) is 10.4. The highest BCUT2D eigenvalue weighted by Crippen LogP contribution is 2.29.